The maximum atomic E-state index is 10.6. The lowest BCUT2D eigenvalue weighted by Gasteiger charge is -2.04. The van der Waals surface area contributed by atoms with Gasteiger partial charge in [-0.05, 0) is 24.3 Å². The number of methoxy groups -OCH3 is 1. The van der Waals surface area contributed by atoms with Gasteiger partial charge in [-0.25, -0.2) is 4.98 Å². The summed E-state index contributed by atoms with van der Waals surface area (Å²) in [7, 11) is 1.28. The van der Waals surface area contributed by atoms with Gasteiger partial charge in [0, 0.05) is 5.39 Å². The van der Waals surface area contributed by atoms with Crippen molar-refractivity contribution in [2.24, 2.45) is 0 Å². The van der Waals surface area contributed by atoms with E-state index in [1.807, 2.05) is 36.4 Å². The second kappa shape index (κ2) is 5.82. The van der Waals surface area contributed by atoms with Crippen LogP contribution < -0.4 is 5.11 Å². The number of fused-ring (bicyclic) bond motifs is 1. The Kier molecular flexibility index (Phi) is 3.93. The largest absolute Gasteiger partial charge is 0.542 e. The number of pyridine rings is 1. The number of benzene rings is 1. The highest BCUT2D eigenvalue weighted by Crippen LogP contribution is 2.12. The summed E-state index contributed by atoms with van der Waals surface area (Å²) in [6.07, 6.45) is 4.59. The Labute approximate surface area is 110 Å². The number of allylic oxidation sites excluding steroid dienone is 2. The first-order valence-electron chi connectivity index (χ1n) is 5.70. The lowest BCUT2D eigenvalue weighted by Crippen LogP contribution is -2.25. The fourth-order valence-electron chi connectivity index (χ4n) is 1.63. The second-order valence-corrected chi connectivity index (χ2v) is 3.81. The standard InChI is InChI=1S/C15H13NO3/c1-19-14(15(17)18)8-4-6-12-10-9-11-5-2-3-7-13(11)16-12/h2-10H,1H3,(H,17,18)/p-1/b6-4+,14-8-. The highest BCUT2D eigenvalue weighted by molar-refractivity contribution is 5.83. The molecule has 19 heavy (non-hydrogen) atoms. The van der Waals surface area contributed by atoms with Crippen LogP contribution in [0, 0.1) is 0 Å². The van der Waals surface area contributed by atoms with Crippen molar-refractivity contribution in [3.63, 3.8) is 0 Å². The van der Waals surface area contributed by atoms with Gasteiger partial charge >= 0.3 is 0 Å². The molecule has 1 heterocycles. The van der Waals surface area contributed by atoms with Crippen molar-refractivity contribution in [3.8, 4) is 0 Å². The van der Waals surface area contributed by atoms with Crippen LogP contribution in [0.2, 0.25) is 0 Å². The maximum Gasteiger partial charge on any atom is 0.141 e. The summed E-state index contributed by atoms with van der Waals surface area (Å²) in [5.41, 5.74) is 1.63. The van der Waals surface area contributed by atoms with Crippen molar-refractivity contribution in [2.45, 2.75) is 0 Å². The van der Waals surface area contributed by atoms with E-state index in [4.69, 9.17) is 0 Å². The molecule has 0 aliphatic rings. The van der Waals surface area contributed by atoms with Gasteiger partial charge in [-0.2, -0.15) is 0 Å². The molecule has 2 aromatic rings. The average Bonchev–Trinajstić information content (AvgIpc) is 2.43. The summed E-state index contributed by atoms with van der Waals surface area (Å²) in [6.45, 7) is 0. The molecular weight excluding hydrogens is 242 g/mol. The summed E-state index contributed by atoms with van der Waals surface area (Å²) in [4.78, 5) is 15.0. The number of aromatic nitrogens is 1. The monoisotopic (exact) mass is 254 g/mol. The molecule has 4 heteroatoms. The fourth-order valence-corrected chi connectivity index (χ4v) is 1.63. The summed E-state index contributed by atoms with van der Waals surface area (Å²) < 4.78 is 4.65. The summed E-state index contributed by atoms with van der Waals surface area (Å²) in [5, 5.41) is 11.7. The number of carboxylic acid groups (broad SMARTS) is 1. The van der Waals surface area contributed by atoms with Crippen LogP contribution in [0.5, 0.6) is 0 Å². The van der Waals surface area contributed by atoms with E-state index in [0.29, 0.717) is 0 Å². The van der Waals surface area contributed by atoms with Gasteiger partial charge in [0.2, 0.25) is 0 Å². The maximum absolute atomic E-state index is 10.6. The van der Waals surface area contributed by atoms with Crippen molar-refractivity contribution >= 4 is 22.9 Å². The molecule has 0 atom stereocenters. The number of ether oxygens (including phenoxy) is 1. The minimum Gasteiger partial charge on any atom is -0.542 e. The number of aliphatic carboxylic acids is 1. The predicted octanol–water partition coefficient (Wildman–Crippen LogP) is 1.53. The Bertz CT molecular complexity index is 659. The van der Waals surface area contributed by atoms with Gasteiger partial charge in [-0.1, -0.05) is 30.3 Å². The Morgan fingerprint density at radius 2 is 2.05 bits per heavy atom. The van der Waals surface area contributed by atoms with Crippen LogP contribution in [0.3, 0.4) is 0 Å². The van der Waals surface area contributed by atoms with Gasteiger partial charge in [0.05, 0.1) is 18.3 Å². The molecule has 0 unspecified atom stereocenters. The molecule has 4 nitrogen and oxygen atoms in total. The first-order valence-corrected chi connectivity index (χ1v) is 5.70. The summed E-state index contributed by atoms with van der Waals surface area (Å²) in [6, 6.07) is 11.6. The Hall–Kier alpha value is -2.62. The minimum atomic E-state index is -1.35. The zero-order valence-electron chi connectivity index (χ0n) is 10.4. The molecule has 0 saturated carbocycles. The van der Waals surface area contributed by atoms with Gasteiger partial charge in [0.1, 0.15) is 11.7 Å². The third kappa shape index (κ3) is 3.19. The minimum absolute atomic E-state index is 0.225. The zero-order chi connectivity index (χ0) is 13.7. The molecule has 0 fully saturated rings. The molecular formula is C15H12NO3-. The lowest BCUT2D eigenvalue weighted by atomic mass is 10.2. The molecule has 1 aromatic heterocycles. The van der Waals surface area contributed by atoms with Crippen LogP contribution >= 0.6 is 0 Å². The number of carbonyl (C=O) groups excluding carboxylic acids is 1. The number of nitrogens with zero attached hydrogens (tertiary/aromatic N) is 1. The predicted molar refractivity (Wildman–Crippen MR) is 70.9 cm³/mol. The Balaban J connectivity index is 2.23. The third-order valence-electron chi connectivity index (χ3n) is 2.56. The Morgan fingerprint density at radius 1 is 1.26 bits per heavy atom. The summed E-state index contributed by atoms with van der Waals surface area (Å²) in [5.74, 6) is -1.57. The number of carbonyl (C=O) groups is 1. The van der Waals surface area contributed by atoms with Crippen molar-refractivity contribution in [1.29, 1.82) is 0 Å². The molecule has 2 rings (SSSR count). The van der Waals surface area contributed by atoms with E-state index in [2.05, 4.69) is 9.72 Å². The molecule has 0 saturated heterocycles. The van der Waals surface area contributed by atoms with E-state index in [0.717, 1.165) is 16.6 Å². The molecule has 0 aliphatic carbocycles. The molecule has 0 aliphatic heterocycles. The van der Waals surface area contributed by atoms with Crippen molar-refractivity contribution in [1.82, 2.24) is 4.98 Å². The second-order valence-electron chi connectivity index (χ2n) is 3.81. The van der Waals surface area contributed by atoms with Crippen LogP contribution in [0.25, 0.3) is 17.0 Å². The van der Waals surface area contributed by atoms with Gasteiger partial charge in [0.25, 0.3) is 0 Å². The molecule has 0 N–H and O–H groups in total. The molecule has 0 spiro atoms. The molecule has 0 bridgehead atoms. The van der Waals surface area contributed by atoms with Crippen LogP contribution in [0.15, 0.2) is 54.3 Å². The number of rotatable bonds is 4. The average molecular weight is 254 g/mol. The number of hydrogen-bond donors (Lipinski definition) is 0. The van der Waals surface area contributed by atoms with Crippen molar-refractivity contribution in [2.75, 3.05) is 7.11 Å². The molecule has 1 aromatic carbocycles. The lowest BCUT2D eigenvalue weighted by molar-refractivity contribution is -0.302. The highest BCUT2D eigenvalue weighted by Gasteiger charge is 1.95. The van der Waals surface area contributed by atoms with Crippen molar-refractivity contribution < 1.29 is 14.6 Å². The SMILES string of the molecule is CO/C(=C\C=C\c1ccc2ccccc2n1)C(=O)[O-]. The van der Waals surface area contributed by atoms with E-state index in [1.165, 1.54) is 13.2 Å². The van der Waals surface area contributed by atoms with E-state index in [1.54, 1.807) is 12.2 Å². The van der Waals surface area contributed by atoms with Crippen molar-refractivity contribution in [3.05, 3.63) is 60.0 Å². The summed E-state index contributed by atoms with van der Waals surface area (Å²) >= 11 is 0. The molecule has 96 valence electrons. The van der Waals surface area contributed by atoms with Gasteiger partial charge in [-0.15, -0.1) is 0 Å². The normalized spacial score (nSPS) is 11.9. The first kappa shape index (κ1) is 12.8. The van der Waals surface area contributed by atoms with Crippen LogP contribution in [-0.4, -0.2) is 18.1 Å². The highest BCUT2D eigenvalue weighted by atomic mass is 16.5. The van der Waals surface area contributed by atoms with Crippen LogP contribution in [0.1, 0.15) is 5.69 Å². The van der Waals surface area contributed by atoms with E-state index < -0.39 is 5.97 Å². The molecule has 0 amide bonds. The van der Waals surface area contributed by atoms with E-state index in [9.17, 15) is 9.90 Å². The van der Waals surface area contributed by atoms with Crippen LogP contribution in [-0.2, 0) is 9.53 Å². The zero-order valence-corrected chi connectivity index (χ0v) is 10.4. The fraction of sp³-hybridized carbons (Fsp3) is 0.0667. The van der Waals surface area contributed by atoms with Gasteiger partial charge < -0.3 is 14.6 Å². The first-order chi connectivity index (χ1) is 9.20. The molecule has 0 radical (unpaired) electrons. The van der Waals surface area contributed by atoms with Gasteiger partial charge in [-0.3, -0.25) is 0 Å². The van der Waals surface area contributed by atoms with Gasteiger partial charge in [0.15, 0.2) is 0 Å². The van der Waals surface area contributed by atoms with E-state index >= 15 is 0 Å². The number of hydrogen-bond acceptors (Lipinski definition) is 4. The van der Waals surface area contributed by atoms with E-state index in [-0.39, 0.29) is 5.76 Å². The topological polar surface area (TPSA) is 62.2 Å². The number of para-hydroxylation sites is 1. The smallest absolute Gasteiger partial charge is 0.141 e. The number of carboxylic acids is 1. The van der Waals surface area contributed by atoms with Crippen LogP contribution in [0.4, 0.5) is 0 Å². The quantitative estimate of drug-likeness (QED) is 0.471. The third-order valence-corrected chi connectivity index (χ3v) is 2.56. The Morgan fingerprint density at radius 3 is 2.79 bits per heavy atom.